The maximum absolute atomic E-state index is 13.1. The number of ether oxygens (including phenoxy) is 2. The van der Waals surface area contributed by atoms with Gasteiger partial charge in [-0.2, -0.15) is 0 Å². The van der Waals surface area contributed by atoms with Crippen LogP contribution in [0.4, 0.5) is 0 Å². The zero-order valence-corrected chi connectivity index (χ0v) is 20.7. The molecule has 0 fully saturated rings. The highest BCUT2D eigenvalue weighted by Gasteiger charge is 2.33. The first-order valence-corrected chi connectivity index (χ1v) is 12.4. The molecule has 4 nitrogen and oxygen atoms in total. The van der Waals surface area contributed by atoms with E-state index in [0.29, 0.717) is 46.9 Å². The van der Waals surface area contributed by atoms with Gasteiger partial charge in [0.2, 0.25) is 5.78 Å². The molecule has 2 heterocycles. The van der Waals surface area contributed by atoms with E-state index in [-0.39, 0.29) is 5.78 Å². The zero-order valence-electron chi connectivity index (χ0n) is 19.2. The van der Waals surface area contributed by atoms with E-state index in [1.807, 2.05) is 60.7 Å². The molecule has 4 aromatic rings. The molecule has 0 spiro atoms. The van der Waals surface area contributed by atoms with Gasteiger partial charge in [0.1, 0.15) is 18.2 Å². The third kappa shape index (κ3) is 4.40. The van der Waals surface area contributed by atoms with Gasteiger partial charge in [-0.05, 0) is 52.6 Å². The number of carbonyl (C=O) groups excluding carboxylic acids is 1. The summed E-state index contributed by atoms with van der Waals surface area (Å²) in [6.07, 6.45) is 1.79. The second-order valence-corrected chi connectivity index (χ2v) is 9.69. The largest absolute Gasteiger partial charge is 0.478 e. The molecule has 0 aliphatic carbocycles. The van der Waals surface area contributed by atoms with Gasteiger partial charge < -0.3 is 9.47 Å². The third-order valence-corrected chi connectivity index (χ3v) is 6.99. The molecule has 0 N–H and O–H groups in total. The molecule has 2 aliphatic rings. The summed E-state index contributed by atoms with van der Waals surface area (Å²) < 4.78 is 12.1. The fraction of sp³-hybridized carbons (Fsp3) is 0.100. The summed E-state index contributed by atoms with van der Waals surface area (Å²) in [7, 11) is 0. The number of benzene rings is 4. The summed E-state index contributed by atoms with van der Waals surface area (Å²) in [5.74, 6) is 1.48. The van der Waals surface area contributed by atoms with Crippen LogP contribution in [-0.4, -0.2) is 17.4 Å². The van der Waals surface area contributed by atoms with Crippen molar-refractivity contribution in [2.75, 3.05) is 6.73 Å². The molecule has 0 atom stereocenters. The first-order valence-electron chi connectivity index (χ1n) is 11.6. The molecule has 0 aromatic heterocycles. The molecule has 6 heteroatoms. The van der Waals surface area contributed by atoms with Gasteiger partial charge in [0.05, 0.1) is 11.1 Å². The highest BCUT2D eigenvalue weighted by molar-refractivity contribution is 6.35. The van der Waals surface area contributed by atoms with Crippen LogP contribution in [0.15, 0.2) is 90.7 Å². The SMILES string of the molecule is O=C1/C(=C/c2ccc(-c3ccccc3)cc2)Oc2c1ccc1c2CN(Cc2ccc(Cl)cc2Cl)CO1. The fourth-order valence-electron chi connectivity index (χ4n) is 4.55. The number of rotatable bonds is 4. The van der Waals surface area contributed by atoms with Gasteiger partial charge in [-0.15, -0.1) is 0 Å². The molecular formula is C30H21Cl2NO3. The lowest BCUT2D eigenvalue weighted by molar-refractivity contribution is 0.0873. The van der Waals surface area contributed by atoms with Gasteiger partial charge in [0, 0.05) is 23.1 Å². The van der Waals surface area contributed by atoms with Gasteiger partial charge >= 0.3 is 0 Å². The number of hydrogen-bond acceptors (Lipinski definition) is 4. The molecule has 2 aliphatic heterocycles. The number of Topliss-reactive ketones (excluding diaryl/α,β-unsaturated/α-hetero) is 1. The predicted octanol–water partition coefficient (Wildman–Crippen LogP) is 7.63. The van der Waals surface area contributed by atoms with Gasteiger partial charge in [0.25, 0.3) is 0 Å². The number of fused-ring (bicyclic) bond motifs is 3. The van der Waals surface area contributed by atoms with Crippen molar-refractivity contribution in [1.82, 2.24) is 4.90 Å². The minimum atomic E-state index is -0.127. The molecule has 0 saturated carbocycles. The maximum Gasteiger partial charge on any atom is 0.231 e. The second-order valence-electron chi connectivity index (χ2n) is 8.84. The predicted molar refractivity (Wildman–Crippen MR) is 142 cm³/mol. The maximum atomic E-state index is 13.1. The van der Waals surface area contributed by atoms with Crippen LogP contribution in [0.25, 0.3) is 17.2 Å². The lowest BCUT2D eigenvalue weighted by Gasteiger charge is -2.30. The third-order valence-electron chi connectivity index (χ3n) is 6.41. The van der Waals surface area contributed by atoms with Crippen molar-refractivity contribution in [3.63, 3.8) is 0 Å². The van der Waals surface area contributed by atoms with Crippen LogP contribution < -0.4 is 9.47 Å². The Bertz CT molecular complexity index is 1500. The summed E-state index contributed by atoms with van der Waals surface area (Å²) in [6.45, 7) is 1.57. The van der Waals surface area contributed by atoms with Crippen molar-refractivity contribution in [1.29, 1.82) is 0 Å². The molecule has 4 aromatic carbocycles. The minimum Gasteiger partial charge on any atom is -0.478 e. The van der Waals surface area contributed by atoms with E-state index in [1.165, 1.54) is 0 Å². The van der Waals surface area contributed by atoms with Crippen molar-refractivity contribution < 1.29 is 14.3 Å². The van der Waals surface area contributed by atoms with Gasteiger partial charge in [-0.1, -0.05) is 83.9 Å². The van der Waals surface area contributed by atoms with Crippen LogP contribution >= 0.6 is 23.2 Å². The topological polar surface area (TPSA) is 38.8 Å². The van der Waals surface area contributed by atoms with Crippen LogP contribution in [0, 0.1) is 0 Å². The van der Waals surface area contributed by atoms with Gasteiger partial charge in [0.15, 0.2) is 5.76 Å². The smallest absolute Gasteiger partial charge is 0.231 e. The lowest BCUT2D eigenvalue weighted by Crippen LogP contribution is -2.31. The molecule has 0 saturated heterocycles. The Morgan fingerprint density at radius 2 is 1.67 bits per heavy atom. The summed E-state index contributed by atoms with van der Waals surface area (Å²) in [4.78, 5) is 15.3. The Labute approximate surface area is 219 Å². The van der Waals surface area contributed by atoms with Crippen molar-refractivity contribution >= 4 is 35.1 Å². The van der Waals surface area contributed by atoms with E-state index in [4.69, 9.17) is 32.7 Å². The molecule has 6 rings (SSSR count). The van der Waals surface area contributed by atoms with E-state index in [0.717, 1.165) is 33.6 Å². The molecule has 36 heavy (non-hydrogen) atoms. The second kappa shape index (κ2) is 9.47. The molecule has 0 amide bonds. The standard InChI is InChI=1S/C30H21Cl2NO3/c31-23-11-10-22(26(32)15-23)16-33-17-25-27(35-18-33)13-12-24-29(34)28(36-30(24)25)14-19-6-8-21(9-7-19)20-4-2-1-3-5-20/h1-15H,16-18H2/b28-14-. The van der Waals surface area contributed by atoms with E-state index < -0.39 is 0 Å². The molecular weight excluding hydrogens is 493 g/mol. The number of allylic oxidation sites excluding steroid dienone is 1. The lowest BCUT2D eigenvalue weighted by atomic mass is 10.0. The first kappa shape index (κ1) is 22.9. The van der Waals surface area contributed by atoms with E-state index in [1.54, 1.807) is 18.2 Å². The highest BCUT2D eigenvalue weighted by atomic mass is 35.5. The van der Waals surface area contributed by atoms with Crippen LogP contribution in [0.3, 0.4) is 0 Å². The Morgan fingerprint density at radius 3 is 2.44 bits per heavy atom. The molecule has 178 valence electrons. The van der Waals surface area contributed by atoms with Crippen LogP contribution in [-0.2, 0) is 13.1 Å². The van der Waals surface area contributed by atoms with E-state index in [9.17, 15) is 4.79 Å². The number of halogens is 2. The Hall–Kier alpha value is -3.57. The number of ketones is 1. The highest BCUT2D eigenvalue weighted by Crippen LogP contribution is 2.42. The summed E-state index contributed by atoms with van der Waals surface area (Å²) in [5, 5.41) is 1.21. The van der Waals surface area contributed by atoms with E-state index >= 15 is 0 Å². The van der Waals surface area contributed by atoms with Crippen molar-refractivity contribution in [2.45, 2.75) is 13.1 Å². The summed E-state index contributed by atoms with van der Waals surface area (Å²) >= 11 is 12.4. The van der Waals surface area contributed by atoms with Crippen molar-refractivity contribution in [3.05, 3.63) is 123 Å². The number of carbonyl (C=O) groups is 1. The van der Waals surface area contributed by atoms with Crippen molar-refractivity contribution in [2.24, 2.45) is 0 Å². The average Bonchev–Trinajstić information content (AvgIpc) is 3.22. The quantitative estimate of drug-likeness (QED) is 0.263. The zero-order chi connectivity index (χ0) is 24.6. The minimum absolute atomic E-state index is 0.127. The van der Waals surface area contributed by atoms with Crippen LogP contribution in [0.1, 0.15) is 27.0 Å². The monoisotopic (exact) mass is 513 g/mol. The Kier molecular flexibility index (Phi) is 6.02. The molecule has 0 bridgehead atoms. The molecule has 0 unspecified atom stereocenters. The Balaban J connectivity index is 1.24. The van der Waals surface area contributed by atoms with Crippen molar-refractivity contribution in [3.8, 4) is 22.6 Å². The van der Waals surface area contributed by atoms with Crippen LogP contribution in [0.5, 0.6) is 11.5 Å². The summed E-state index contributed by atoms with van der Waals surface area (Å²) in [6, 6.07) is 27.4. The number of hydrogen-bond donors (Lipinski definition) is 0. The van der Waals surface area contributed by atoms with Crippen LogP contribution in [0.2, 0.25) is 10.0 Å². The number of nitrogens with zero attached hydrogens (tertiary/aromatic N) is 1. The normalized spacial score (nSPS) is 15.8. The Morgan fingerprint density at radius 1 is 0.889 bits per heavy atom. The summed E-state index contributed by atoms with van der Waals surface area (Å²) in [5.41, 5.74) is 5.53. The first-order chi connectivity index (χ1) is 17.5. The van der Waals surface area contributed by atoms with Gasteiger partial charge in [-0.3, -0.25) is 9.69 Å². The van der Waals surface area contributed by atoms with Gasteiger partial charge in [-0.25, -0.2) is 0 Å². The van der Waals surface area contributed by atoms with E-state index in [2.05, 4.69) is 17.0 Å². The average molecular weight is 514 g/mol. The fourth-order valence-corrected chi connectivity index (χ4v) is 5.02. The molecule has 0 radical (unpaired) electrons.